The van der Waals surface area contributed by atoms with E-state index in [2.05, 4.69) is 75.8 Å². The van der Waals surface area contributed by atoms with Gasteiger partial charge >= 0.3 is 0 Å². The number of hydrogen-bond acceptors (Lipinski definition) is 4. The number of aryl methyl sites for hydroxylation is 1. The topological polar surface area (TPSA) is 29.0 Å². The molecule has 2 aromatic heterocycles. The predicted octanol–water partition coefficient (Wildman–Crippen LogP) is 6.71. The summed E-state index contributed by atoms with van der Waals surface area (Å²) in [5.41, 5.74) is 2.41. The number of aromatic nitrogens is 2. The molecule has 0 saturated heterocycles. The van der Waals surface area contributed by atoms with Crippen molar-refractivity contribution in [3.8, 4) is 11.1 Å². The molecule has 3 rings (SSSR count). The Bertz CT molecular complexity index is 871. The largest absolute Gasteiger partial charge is 0.356 e. The van der Waals surface area contributed by atoms with Gasteiger partial charge in [-0.15, -0.1) is 11.3 Å². The molecule has 0 N–H and O–H groups in total. The van der Waals surface area contributed by atoms with E-state index in [1.165, 1.54) is 16.0 Å². The van der Waals surface area contributed by atoms with Crippen LogP contribution in [0.1, 0.15) is 31.6 Å². The molecule has 1 aromatic carbocycles. The summed E-state index contributed by atoms with van der Waals surface area (Å²) in [7, 11) is 0. The van der Waals surface area contributed by atoms with Gasteiger partial charge < -0.3 is 4.90 Å². The molecule has 6 heteroatoms. The van der Waals surface area contributed by atoms with Crippen molar-refractivity contribution < 1.29 is 0 Å². The average molecular weight is 439 g/mol. The van der Waals surface area contributed by atoms with Gasteiger partial charge in [-0.2, -0.15) is 4.98 Å². The van der Waals surface area contributed by atoms with Crippen molar-refractivity contribution in [1.29, 1.82) is 0 Å². The number of hydrogen-bond donors (Lipinski definition) is 0. The van der Waals surface area contributed by atoms with E-state index in [1.54, 1.807) is 11.3 Å². The zero-order valence-corrected chi connectivity index (χ0v) is 17.8. The lowest BCUT2D eigenvalue weighted by Crippen LogP contribution is -2.26. The summed E-state index contributed by atoms with van der Waals surface area (Å²) in [4.78, 5) is 13.7. The maximum Gasteiger partial charge on any atom is 0.225 e. The summed E-state index contributed by atoms with van der Waals surface area (Å²) in [5, 5.41) is 1.44. The third kappa shape index (κ3) is 3.83. The third-order valence-corrected chi connectivity index (χ3v) is 5.80. The molecule has 3 aromatic rings. The van der Waals surface area contributed by atoms with Gasteiger partial charge in [-0.05, 0) is 49.1 Å². The smallest absolute Gasteiger partial charge is 0.225 e. The summed E-state index contributed by atoms with van der Waals surface area (Å²) in [6.07, 6.45) is 2.14. The van der Waals surface area contributed by atoms with Crippen LogP contribution in [0, 0.1) is 6.92 Å². The van der Waals surface area contributed by atoms with Crippen LogP contribution >= 0.6 is 38.9 Å². The van der Waals surface area contributed by atoms with E-state index < -0.39 is 0 Å². The fourth-order valence-electron chi connectivity index (χ4n) is 3.12. The molecule has 0 saturated carbocycles. The first-order valence-corrected chi connectivity index (χ1v) is 10.5. The van der Waals surface area contributed by atoms with Crippen LogP contribution in [0.4, 0.5) is 5.82 Å². The molecule has 0 aliphatic heterocycles. The predicted molar refractivity (Wildman–Crippen MR) is 113 cm³/mol. The Morgan fingerprint density at radius 1 is 1.08 bits per heavy atom. The highest BCUT2D eigenvalue weighted by Gasteiger charge is 2.21. The van der Waals surface area contributed by atoms with E-state index in [0.717, 1.165) is 46.4 Å². The number of anilines is 1. The van der Waals surface area contributed by atoms with Crippen molar-refractivity contribution >= 4 is 54.9 Å². The fourth-order valence-corrected chi connectivity index (χ4v) is 4.64. The SMILES string of the molecule is CCCN(CCC)c1nc(Cl)nc2sc(C)c(-c3ccc(Br)cc3)c12. The second-order valence-corrected chi connectivity index (χ2v) is 8.48. The lowest BCUT2D eigenvalue weighted by Gasteiger charge is -2.24. The van der Waals surface area contributed by atoms with Crippen LogP contribution in [-0.4, -0.2) is 23.1 Å². The Labute approximate surface area is 166 Å². The number of rotatable bonds is 6. The van der Waals surface area contributed by atoms with E-state index in [0.29, 0.717) is 5.28 Å². The maximum atomic E-state index is 6.25. The third-order valence-electron chi connectivity index (χ3n) is 4.10. The van der Waals surface area contributed by atoms with Gasteiger partial charge in [0.1, 0.15) is 10.6 Å². The van der Waals surface area contributed by atoms with Gasteiger partial charge in [0, 0.05) is 28.0 Å². The van der Waals surface area contributed by atoms with Crippen molar-refractivity contribution in [2.45, 2.75) is 33.6 Å². The van der Waals surface area contributed by atoms with Crippen LogP contribution in [0.25, 0.3) is 21.3 Å². The second kappa shape index (κ2) is 8.02. The number of fused-ring (bicyclic) bond motifs is 1. The molecule has 0 fully saturated rings. The van der Waals surface area contributed by atoms with Crippen molar-refractivity contribution in [3.63, 3.8) is 0 Å². The molecular weight excluding hydrogens is 418 g/mol. The molecule has 0 spiro atoms. The molecule has 0 unspecified atom stereocenters. The Morgan fingerprint density at radius 2 is 1.72 bits per heavy atom. The summed E-state index contributed by atoms with van der Waals surface area (Å²) in [5.74, 6) is 0.959. The maximum absolute atomic E-state index is 6.25. The summed E-state index contributed by atoms with van der Waals surface area (Å²) in [6, 6.07) is 8.43. The molecule has 0 aliphatic rings. The first-order valence-electron chi connectivity index (χ1n) is 8.52. The van der Waals surface area contributed by atoms with Gasteiger partial charge in [-0.3, -0.25) is 0 Å². The van der Waals surface area contributed by atoms with Crippen LogP contribution in [0.5, 0.6) is 0 Å². The minimum absolute atomic E-state index is 0.323. The van der Waals surface area contributed by atoms with Crippen LogP contribution in [0.2, 0.25) is 5.28 Å². The van der Waals surface area contributed by atoms with Crippen LogP contribution in [0.15, 0.2) is 28.7 Å². The van der Waals surface area contributed by atoms with Crippen molar-refractivity contribution in [3.05, 3.63) is 38.9 Å². The molecule has 0 radical (unpaired) electrons. The standard InChI is InChI=1S/C19H21BrClN3S/c1-4-10-24(11-5-2)17-16-15(13-6-8-14(20)9-7-13)12(3)25-18(16)23-19(21)22-17/h6-9H,4-5,10-11H2,1-3H3. The molecular formula is C19H21BrClN3S. The minimum atomic E-state index is 0.323. The average Bonchev–Trinajstić information content (AvgIpc) is 2.90. The minimum Gasteiger partial charge on any atom is -0.356 e. The van der Waals surface area contributed by atoms with Gasteiger partial charge in [0.15, 0.2) is 0 Å². The summed E-state index contributed by atoms with van der Waals surface area (Å²) in [6.45, 7) is 8.45. The van der Waals surface area contributed by atoms with Crippen molar-refractivity contribution in [1.82, 2.24) is 9.97 Å². The number of thiophene rings is 1. The van der Waals surface area contributed by atoms with Crippen molar-refractivity contribution in [2.75, 3.05) is 18.0 Å². The Kier molecular flexibility index (Phi) is 5.97. The van der Waals surface area contributed by atoms with E-state index in [9.17, 15) is 0 Å². The van der Waals surface area contributed by atoms with Crippen LogP contribution in [0.3, 0.4) is 0 Å². The lowest BCUT2D eigenvalue weighted by atomic mass is 10.0. The van der Waals surface area contributed by atoms with Crippen LogP contribution in [-0.2, 0) is 0 Å². The Hall–Kier alpha value is -1.17. The van der Waals surface area contributed by atoms with Gasteiger partial charge in [0.2, 0.25) is 5.28 Å². The van der Waals surface area contributed by atoms with Crippen molar-refractivity contribution in [2.24, 2.45) is 0 Å². The van der Waals surface area contributed by atoms with E-state index in [4.69, 9.17) is 11.6 Å². The van der Waals surface area contributed by atoms with Gasteiger partial charge in [0.05, 0.1) is 5.39 Å². The second-order valence-electron chi connectivity index (χ2n) is 6.02. The molecule has 132 valence electrons. The molecule has 0 amide bonds. The molecule has 2 heterocycles. The zero-order valence-electron chi connectivity index (χ0n) is 14.6. The lowest BCUT2D eigenvalue weighted by molar-refractivity contribution is 0.736. The van der Waals surface area contributed by atoms with Crippen LogP contribution < -0.4 is 4.90 Å². The first kappa shape index (κ1) is 18.6. The first-order chi connectivity index (χ1) is 12.0. The molecule has 0 atom stereocenters. The van der Waals surface area contributed by atoms with E-state index in [1.807, 2.05) is 0 Å². The van der Waals surface area contributed by atoms with Gasteiger partial charge in [0.25, 0.3) is 0 Å². The number of halogens is 2. The van der Waals surface area contributed by atoms with E-state index in [-0.39, 0.29) is 0 Å². The van der Waals surface area contributed by atoms with Gasteiger partial charge in [-0.25, -0.2) is 4.98 Å². The van der Waals surface area contributed by atoms with Gasteiger partial charge in [-0.1, -0.05) is 41.9 Å². The number of nitrogens with zero attached hydrogens (tertiary/aromatic N) is 3. The fraction of sp³-hybridized carbons (Fsp3) is 0.368. The molecule has 0 bridgehead atoms. The monoisotopic (exact) mass is 437 g/mol. The molecule has 0 aliphatic carbocycles. The Balaban J connectivity index is 2.27. The summed E-state index contributed by atoms with van der Waals surface area (Å²) < 4.78 is 1.08. The number of benzene rings is 1. The highest BCUT2D eigenvalue weighted by molar-refractivity contribution is 9.10. The van der Waals surface area contributed by atoms with E-state index >= 15 is 0 Å². The quantitative estimate of drug-likeness (QED) is 0.400. The molecule has 25 heavy (non-hydrogen) atoms. The molecule has 3 nitrogen and oxygen atoms in total. The normalized spacial score (nSPS) is 11.2. The highest BCUT2D eigenvalue weighted by Crippen LogP contribution is 2.42. The highest BCUT2D eigenvalue weighted by atomic mass is 79.9. The zero-order chi connectivity index (χ0) is 18.0. The Morgan fingerprint density at radius 3 is 2.32 bits per heavy atom. The summed E-state index contributed by atoms with van der Waals surface area (Å²) >= 11 is 11.5.